The number of hydrogen-bond acceptors (Lipinski definition) is 2. The molecule has 1 aliphatic heterocycles. The lowest BCUT2D eigenvalue weighted by molar-refractivity contribution is -0.119. The summed E-state index contributed by atoms with van der Waals surface area (Å²) in [5.74, 6) is 0.0545. The lowest BCUT2D eigenvalue weighted by Crippen LogP contribution is -2.47. The zero-order chi connectivity index (χ0) is 12.1. The van der Waals surface area contributed by atoms with Gasteiger partial charge in [-0.25, -0.2) is 0 Å². The summed E-state index contributed by atoms with van der Waals surface area (Å²) in [5.41, 5.74) is 1.45. The lowest BCUT2D eigenvalue weighted by Gasteiger charge is -2.38. The smallest absolute Gasteiger partial charge is 0.216 e. The molecular formula is C14H21ClN2O. The zero-order valence-corrected chi connectivity index (χ0v) is 11.6. The van der Waals surface area contributed by atoms with Crippen molar-refractivity contribution in [2.24, 2.45) is 0 Å². The van der Waals surface area contributed by atoms with Gasteiger partial charge in [0.2, 0.25) is 5.91 Å². The van der Waals surface area contributed by atoms with Gasteiger partial charge >= 0.3 is 0 Å². The first-order valence-corrected chi connectivity index (χ1v) is 6.24. The predicted octanol–water partition coefficient (Wildman–Crippen LogP) is 1.87. The molecule has 1 heterocycles. The number of rotatable bonds is 3. The monoisotopic (exact) mass is 268 g/mol. The predicted molar refractivity (Wildman–Crippen MR) is 76.2 cm³/mol. The van der Waals surface area contributed by atoms with E-state index in [1.165, 1.54) is 5.56 Å². The molecule has 0 spiro atoms. The summed E-state index contributed by atoms with van der Waals surface area (Å²) in [6, 6.07) is 10.5. The Morgan fingerprint density at radius 2 is 1.89 bits per heavy atom. The molecular weight excluding hydrogens is 248 g/mol. The van der Waals surface area contributed by atoms with Crippen LogP contribution in [-0.2, 0) is 10.2 Å². The first-order chi connectivity index (χ1) is 8.23. The summed E-state index contributed by atoms with van der Waals surface area (Å²) in [5, 5.41) is 6.37. The molecule has 0 atom stereocenters. The van der Waals surface area contributed by atoms with E-state index in [1.807, 2.05) is 6.07 Å². The van der Waals surface area contributed by atoms with Crippen molar-refractivity contribution in [3.05, 3.63) is 35.9 Å². The van der Waals surface area contributed by atoms with Gasteiger partial charge in [-0.2, -0.15) is 0 Å². The van der Waals surface area contributed by atoms with Gasteiger partial charge in [0.05, 0.1) is 0 Å². The Morgan fingerprint density at radius 3 is 2.44 bits per heavy atom. The molecule has 0 saturated carbocycles. The van der Waals surface area contributed by atoms with Gasteiger partial charge in [-0.05, 0) is 31.5 Å². The van der Waals surface area contributed by atoms with Gasteiger partial charge in [0.1, 0.15) is 0 Å². The summed E-state index contributed by atoms with van der Waals surface area (Å²) in [4.78, 5) is 11.1. The van der Waals surface area contributed by atoms with Crippen molar-refractivity contribution in [2.45, 2.75) is 25.2 Å². The highest BCUT2D eigenvalue weighted by Crippen LogP contribution is 2.32. The van der Waals surface area contributed by atoms with Crippen molar-refractivity contribution < 1.29 is 4.79 Å². The normalized spacial score (nSPS) is 17.6. The Bertz CT molecular complexity index is 375. The molecule has 0 unspecified atom stereocenters. The number of carbonyl (C=O) groups excluding carboxylic acids is 1. The molecule has 100 valence electrons. The number of carbonyl (C=O) groups is 1. The third kappa shape index (κ3) is 3.47. The molecule has 1 fully saturated rings. The second-order valence-electron chi connectivity index (χ2n) is 4.81. The van der Waals surface area contributed by atoms with E-state index in [0.29, 0.717) is 0 Å². The zero-order valence-electron chi connectivity index (χ0n) is 10.7. The van der Waals surface area contributed by atoms with Crippen molar-refractivity contribution >= 4 is 18.3 Å². The fraction of sp³-hybridized carbons (Fsp3) is 0.500. The van der Waals surface area contributed by atoms with Gasteiger partial charge < -0.3 is 10.6 Å². The third-order valence-corrected chi connectivity index (χ3v) is 3.62. The van der Waals surface area contributed by atoms with Gasteiger partial charge in [-0.3, -0.25) is 4.79 Å². The highest BCUT2D eigenvalue weighted by atomic mass is 35.5. The Morgan fingerprint density at radius 1 is 1.28 bits per heavy atom. The average Bonchev–Trinajstić information content (AvgIpc) is 2.39. The number of piperidine rings is 1. The summed E-state index contributed by atoms with van der Waals surface area (Å²) in [6.07, 6.45) is 2.16. The van der Waals surface area contributed by atoms with Crippen LogP contribution in [-0.4, -0.2) is 25.5 Å². The van der Waals surface area contributed by atoms with Crippen molar-refractivity contribution in [3.63, 3.8) is 0 Å². The van der Waals surface area contributed by atoms with Crippen LogP contribution in [0.2, 0.25) is 0 Å². The Kier molecular flexibility index (Phi) is 5.63. The van der Waals surface area contributed by atoms with E-state index in [-0.39, 0.29) is 23.7 Å². The Balaban J connectivity index is 0.00000162. The van der Waals surface area contributed by atoms with Gasteiger partial charge in [-0.1, -0.05) is 30.3 Å². The van der Waals surface area contributed by atoms with Crippen LogP contribution in [0.5, 0.6) is 0 Å². The molecule has 1 aromatic rings. The van der Waals surface area contributed by atoms with E-state index in [4.69, 9.17) is 0 Å². The molecule has 0 aromatic heterocycles. The molecule has 0 bridgehead atoms. The summed E-state index contributed by atoms with van der Waals surface area (Å²) in [7, 11) is 0. The van der Waals surface area contributed by atoms with E-state index >= 15 is 0 Å². The number of benzene rings is 1. The van der Waals surface area contributed by atoms with Crippen LogP contribution in [0.15, 0.2) is 30.3 Å². The molecule has 2 rings (SSSR count). The average molecular weight is 269 g/mol. The largest absolute Gasteiger partial charge is 0.355 e. The number of nitrogens with one attached hydrogen (secondary N) is 2. The van der Waals surface area contributed by atoms with E-state index in [2.05, 4.69) is 34.9 Å². The van der Waals surface area contributed by atoms with Crippen molar-refractivity contribution in [1.82, 2.24) is 10.6 Å². The first kappa shape index (κ1) is 15.0. The van der Waals surface area contributed by atoms with Crippen LogP contribution in [0.4, 0.5) is 0 Å². The van der Waals surface area contributed by atoms with E-state index in [1.54, 1.807) is 6.92 Å². The van der Waals surface area contributed by atoms with Crippen LogP contribution in [0.3, 0.4) is 0 Å². The van der Waals surface area contributed by atoms with Gasteiger partial charge in [-0.15, -0.1) is 12.4 Å². The quantitative estimate of drug-likeness (QED) is 0.879. The third-order valence-electron chi connectivity index (χ3n) is 3.62. The topological polar surface area (TPSA) is 41.1 Å². The molecule has 18 heavy (non-hydrogen) atoms. The van der Waals surface area contributed by atoms with Gasteiger partial charge in [0, 0.05) is 18.9 Å². The first-order valence-electron chi connectivity index (χ1n) is 6.24. The highest BCUT2D eigenvalue weighted by molar-refractivity contribution is 5.85. The second-order valence-corrected chi connectivity index (χ2v) is 4.81. The van der Waals surface area contributed by atoms with Crippen molar-refractivity contribution in [2.75, 3.05) is 19.6 Å². The minimum Gasteiger partial charge on any atom is -0.355 e. The summed E-state index contributed by atoms with van der Waals surface area (Å²) < 4.78 is 0. The minimum atomic E-state index is 0. The Labute approximate surface area is 115 Å². The summed E-state index contributed by atoms with van der Waals surface area (Å²) in [6.45, 7) is 4.37. The maximum absolute atomic E-state index is 11.1. The molecule has 1 aliphatic rings. The number of hydrogen-bond donors (Lipinski definition) is 2. The SMILES string of the molecule is CC(=O)NCC1(c2ccccc2)CCNCC1.Cl. The fourth-order valence-electron chi connectivity index (χ4n) is 2.56. The highest BCUT2D eigenvalue weighted by Gasteiger charge is 2.33. The van der Waals surface area contributed by atoms with Crippen LogP contribution in [0.25, 0.3) is 0 Å². The fourth-order valence-corrected chi connectivity index (χ4v) is 2.56. The van der Waals surface area contributed by atoms with Crippen molar-refractivity contribution in [3.8, 4) is 0 Å². The van der Waals surface area contributed by atoms with Gasteiger partial charge in [0.15, 0.2) is 0 Å². The second kappa shape index (κ2) is 6.76. The molecule has 2 N–H and O–H groups in total. The van der Waals surface area contributed by atoms with E-state index in [0.717, 1.165) is 32.5 Å². The van der Waals surface area contributed by atoms with Crippen LogP contribution >= 0.6 is 12.4 Å². The molecule has 3 nitrogen and oxygen atoms in total. The minimum absolute atomic E-state index is 0. The van der Waals surface area contributed by atoms with Crippen LogP contribution in [0, 0.1) is 0 Å². The summed E-state index contributed by atoms with van der Waals surface area (Å²) >= 11 is 0. The van der Waals surface area contributed by atoms with Crippen LogP contribution in [0.1, 0.15) is 25.3 Å². The Hall–Kier alpha value is -1.06. The van der Waals surface area contributed by atoms with E-state index in [9.17, 15) is 4.79 Å². The maximum Gasteiger partial charge on any atom is 0.216 e. The standard InChI is InChI=1S/C14H20N2O.ClH/c1-12(17)16-11-14(7-9-15-10-8-14)13-5-3-2-4-6-13;/h2-6,15H,7-11H2,1H3,(H,16,17);1H. The molecule has 1 aromatic carbocycles. The van der Waals surface area contributed by atoms with Crippen LogP contribution < -0.4 is 10.6 Å². The van der Waals surface area contributed by atoms with E-state index < -0.39 is 0 Å². The lowest BCUT2D eigenvalue weighted by atomic mass is 9.73. The molecule has 1 amide bonds. The molecule has 1 saturated heterocycles. The molecule has 0 radical (unpaired) electrons. The molecule has 4 heteroatoms. The maximum atomic E-state index is 11.1. The van der Waals surface area contributed by atoms with Gasteiger partial charge in [0.25, 0.3) is 0 Å². The number of halogens is 1. The molecule has 0 aliphatic carbocycles. The number of amides is 1. The van der Waals surface area contributed by atoms with Crippen molar-refractivity contribution in [1.29, 1.82) is 0 Å².